The molecule has 76 valence electrons. The van der Waals surface area contributed by atoms with E-state index < -0.39 is 23.7 Å². The van der Waals surface area contributed by atoms with Crippen LogP contribution in [0.3, 0.4) is 0 Å². The molecule has 1 aliphatic rings. The van der Waals surface area contributed by atoms with Crippen LogP contribution in [0, 0.1) is 6.92 Å². The van der Waals surface area contributed by atoms with Crippen LogP contribution in [-0.4, -0.2) is 17.0 Å². The molecule has 1 fully saturated rings. The third-order valence-corrected chi connectivity index (χ3v) is 3.53. The highest BCUT2D eigenvalue weighted by Crippen LogP contribution is 2.62. The topological polar surface area (TPSA) is 37.3 Å². The third-order valence-electron chi connectivity index (χ3n) is 2.67. The van der Waals surface area contributed by atoms with Gasteiger partial charge in [0.15, 0.2) is 5.41 Å². The average Bonchev–Trinajstić information content (AvgIpc) is 2.44. The number of hydrogen-bond acceptors (Lipinski definition) is 2. The van der Waals surface area contributed by atoms with E-state index in [4.69, 9.17) is 5.11 Å². The van der Waals surface area contributed by atoms with E-state index >= 15 is 0 Å². The zero-order valence-corrected chi connectivity index (χ0v) is 8.20. The van der Waals surface area contributed by atoms with Gasteiger partial charge in [-0.3, -0.25) is 4.79 Å². The third kappa shape index (κ3) is 0.958. The van der Waals surface area contributed by atoms with Gasteiger partial charge in [0, 0.05) is 6.42 Å². The minimum absolute atomic E-state index is 0.264. The maximum atomic E-state index is 13.1. The lowest BCUT2D eigenvalue weighted by molar-refractivity contribution is -0.142. The lowest BCUT2D eigenvalue weighted by Gasteiger charge is -2.10. The van der Waals surface area contributed by atoms with E-state index in [-0.39, 0.29) is 5.56 Å². The standard InChI is InChI=1S/C9H8F2O2S/c1-5-2-14-3-6(5)8(7(12)13)4-9(8,10)11/h2-3H,4H2,1H3,(H,12,13). The number of carbonyl (C=O) groups is 1. The van der Waals surface area contributed by atoms with Gasteiger partial charge in [0.25, 0.3) is 5.92 Å². The zero-order chi connectivity index (χ0) is 10.6. The molecule has 0 amide bonds. The summed E-state index contributed by atoms with van der Waals surface area (Å²) in [5, 5.41) is 12.1. The molecule has 1 atom stereocenters. The second-order valence-corrected chi connectivity index (χ2v) is 4.30. The molecule has 14 heavy (non-hydrogen) atoms. The van der Waals surface area contributed by atoms with Crippen LogP contribution in [0.1, 0.15) is 17.5 Å². The summed E-state index contributed by atoms with van der Waals surface area (Å²) in [5.41, 5.74) is -1.05. The van der Waals surface area contributed by atoms with E-state index in [1.165, 1.54) is 16.7 Å². The number of halogens is 2. The molecule has 2 rings (SSSR count). The molecule has 1 heterocycles. The molecule has 0 spiro atoms. The summed E-state index contributed by atoms with van der Waals surface area (Å²) in [6.07, 6.45) is -0.576. The van der Waals surface area contributed by atoms with Gasteiger partial charge in [0.05, 0.1) is 0 Å². The minimum atomic E-state index is -3.09. The molecular weight excluding hydrogens is 210 g/mol. The first-order valence-corrected chi connectivity index (χ1v) is 5.00. The van der Waals surface area contributed by atoms with Crippen LogP contribution in [0.25, 0.3) is 0 Å². The summed E-state index contributed by atoms with van der Waals surface area (Å²) in [7, 11) is 0. The van der Waals surface area contributed by atoms with Crippen molar-refractivity contribution in [3.8, 4) is 0 Å². The van der Waals surface area contributed by atoms with E-state index in [0.717, 1.165) is 0 Å². The Morgan fingerprint density at radius 1 is 1.57 bits per heavy atom. The Balaban J connectivity index is 2.52. The maximum absolute atomic E-state index is 13.1. The van der Waals surface area contributed by atoms with Gasteiger partial charge in [0.1, 0.15) is 0 Å². The Kier molecular flexibility index (Phi) is 1.73. The van der Waals surface area contributed by atoms with Crippen molar-refractivity contribution in [2.45, 2.75) is 24.7 Å². The van der Waals surface area contributed by atoms with Crippen molar-refractivity contribution in [3.63, 3.8) is 0 Å². The Bertz CT molecular complexity index is 399. The van der Waals surface area contributed by atoms with Crippen LogP contribution in [-0.2, 0) is 10.2 Å². The van der Waals surface area contributed by atoms with Crippen LogP contribution in [0.4, 0.5) is 8.78 Å². The fourth-order valence-electron chi connectivity index (χ4n) is 1.73. The number of thiophene rings is 1. The Morgan fingerprint density at radius 3 is 2.43 bits per heavy atom. The van der Waals surface area contributed by atoms with Gasteiger partial charge in [-0.1, -0.05) is 0 Å². The van der Waals surface area contributed by atoms with Gasteiger partial charge in [-0.25, -0.2) is 8.78 Å². The van der Waals surface area contributed by atoms with Gasteiger partial charge in [0.2, 0.25) is 0 Å². The predicted molar refractivity (Wildman–Crippen MR) is 47.9 cm³/mol. The molecule has 1 unspecified atom stereocenters. The molecule has 1 saturated carbocycles. The highest BCUT2D eigenvalue weighted by atomic mass is 32.1. The Hall–Kier alpha value is -0.970. The zero-order valence-electron chi connectivity index (χ0n) is 7.38. The minimum Gasteiger partial charge on any atom is -0.480 e. The van der Waals surface area contributed by atoms with Crippen LogP contribution in [0.15, 0.2) is 10.8 Å². The average molecular weight is 218 g/mol. The molecule has 2 nitrogen and oxygen atoms in total. The Morgan fingerprint density at radius 2 is 2.14 bits per heavy atom. The second kappa shape index (κ2) is 2.53. The quantitative estimate of drug-likeness (QED) is 0.827. The molecule has 0 radical (unpaired) electrons. The van der Waals surface area contributed by atoms with Crippen LogP contribution < -0.4 is 0 Å². The summed E-state index contributed by atoms with van der Waals surface area (Å²) in [4.78, 5) is 10.9. The maximum Gasteiger partial charge on any atom is 0.320 e. The van der Waals surface area contributed by atoms with E-state index in [0.29, 0.717) is 5.56 Å². The fourth-order valence-corrected chi connectivity index (χ4v) is 2.65. The number of hydrogen-bond donors (Lipinski definition) is 1. The lowest BCUT2D eigenvalue weighted by atomic mass is 9.95. The SMILES string of the molecule is Cc1cscc1C1(C(=O)O)CC1(F)F. The monoisotopic (exact) mass is 218 g/mol. The summed E-state index contributed by atoms with van der Waals surface area (Å²) in [6, 6.07) is 0. The first kappa shape index (κ1) is 9.58. The van der Waals surface area contributed by atoms with Crippen molar-refractivity contribution in [1.82, 2.24) is 0 Å². The number of rotatable bonds is 2. The summed E-state index contributed by atoms with van der Waals surface area (Å²) in [6.45, 7) is 1.66. The Labute approximate surface area is 83.2 Å². The lowest BCUT2D eigenvalue weighted by Crippen LogP contribution is -2.27. The second-order valence-electron chi connectivity index (χ2n) is 3.56. The van der Waals surface area contributed by atoms with Gasteiger partial charge >= 0.3 is 5.97 Å². The molecule has 1 aromatic rings. The number of aryl methyl sites for hydroxylation is 1. The number of carboxylic acids is 1. The molecule has 0 bridgehead atoms. The molecule has 1 aromatic heterocycles. The highest BCUT2D eigenvalue weighted by Gasteiger charge is 2.77. The van der Waals surface area contributed by atoms with Crippen molar-refractivity contribution >= 4 is 17.3 Å². The van der Waals surface area contributed by atoms with Crippen molar-refractivity contribution in [2.75, 3.05) is 0 Å². The van der Waals surface area contributed by atoms with Gasteiger partial charge < -0.3 is 5.11 Å². The van der Waals surface area contributed by atoms with Crippen LogP contribution in [0.5, 0.6) is 0 Å². The predicted octanol–water partition coefficient (Wildman–Crippen LogP) is 2.42. The van der Waals surface area contributed by atoms with Gasteiger partial charge in [-0.05, 0) is 28.8 Å². The molecule has 1 aliphatic carbocycles. The molecular formula is C9H8F2O2S. The molecule has 0 aliphatic heterocycles. The number of alkyl halides is 2. The molecule has 1 N–H and O–H groups in total. The van der Waals surface area contributed by atoms with Crippen LogP contribution in [0.2, 0.25) is 0 Å². The van der Waals surface area contributed by atoms with Crippen molar-refractivity contribution < 1.29 is 18.7 Å². The number of aliphatic carboxylic acids is 1. The van der Waals surface area contributed by atoms with Gasteiger partial charge in [-0.2, -0.15) is 11.3 Å². The molecule has 5 heteroatoms. The normalized spacial score (nSPS) is 28.8. The first-order chi connectivity index (χ1) is 6.42. The number of carboxylic acid groups (broad SMARTS) is 1. The van der Waals surface area contributed by atoms with E-state index in [1.54, 1.807) is 12.3 Å². The summed E-state index contributed by atoms with van der Waals surface area (Å²) < 4.78 is 26.1. The smallest absolute Gasteiger partial charge is 0.320 e. The fraction of sp³-hybridized carbons (Fsp3) is 0.444. The van der Waals surface area contributed by atoms with Crippen LogP contribution >= 0.6 is 11.3 Å². The largest absolute Gasteiger partial charge is 0.480 e. The summed E-state index contributed by atoms with van der Waals surface area (Å²) in [5.74, 6) is -4.52. The van der Waals surface area contributed by atoms with E-state index in [1.807, 2.05) is 0 Å². The summed E-state index contributed by atoms with van der Waals surface area (Å²) >= 11 is 1.25. The molecule has 0 saturated heterocycles. The molecule has 0 aromatic carbocycles. The van der Waals surface area contributed by atoms with Crippen molar-refractivity contribution in [3.05, 3.63) is 21.9 Å². The highest BCUT2D eigenvalue weighted by molar-refractivity contribution is 7.08. The van der Waals surface area contributed by atoms with Crippen molar-refractivity contribution in [2.24, 2.45) is 0 Å². The van der Waals surface area contributed by atoms with Gasteiger partial charge in [-0.15, -0.1) is 0 Å². The first-order valence-electron chi connectivity index (χ1n) is 4.06. The van der Waals surface area contributed by atoms with Crippen molar-refractivity contribution in [1.29, 1.82) is 0 Å². The van der Waals surface area contributed by atoms with E-state index in [2.05, 4.69) is 0 Å². The van der Waals surface area contributed by atoms with E-state index in [9.17, 15) is 13.6 Å².